The van der Waals surface area contributed by atoms with Gasteiger partial charge in [-0.3, -0.25) is 4.79 Å². The molecule has 0 radical (unpaired) electrons. The summed E-state index contributed by atoms with van der Waals surface area (Å²) in [5.41, 5.74) is 5.70. The van der Waals surface area contributed by atoms with Gasteiger partial charge in [0.05, 0.1) is 5.75 Å². The molecular weight excluding hydrogens is 302 g/mol. The monoisotopic (exact) mass is 321 g/mol. The number of sulfonamides is 1. The number of hydrogen-bond donors (Lipinski definition) is 3. The summed E-state index contributed by atoms with van der Waals surface area (Å²) in [6, 6.07) is 0. The van der Waals surface area contributed by atoms with Gasteiger partial charge in [0.15, 0.2) is 5.13 Å². The number of carbonyl (C=O) groups excluding carboxylic acids is 1. The third-order valence-corrected chi connectivity index (χ3v) is 4.36. The molecule has 1 aromatic rings. The molecule has 0 bridgehead atoms. The number of carbonyl (C=O) groups is 1. The lowest BCUT2D eigenvalue weighted by Crippen LogP contribution is -2.31. The van der Waals surface area contributed by atoms with E-state index in [9.17, 15) is 13.2 Å². The summed E-state index contributed by atoms with van der Waals surface area (Å²) in [4.78, 5) is 18.2. The first-order valence-corrected chi connectivity index (χ1v) is 8.54. The van der Waals surface area contributed by atoms with Crippen LogP contribution in [0.25, 0.3) is 0 Å². The molecule has 0 fully saturated rings. The molecule has 0 saturated carbocycles. The molecular formula is C10H19N5O3S2. The third-order valence-electron chi connectivity index (χ3n) is 2.41. The van der Waals surface area contributed by atoms with E-state index in [2.05, 4.69) is 10.3 Å². The number of amides is 1. The molecule has 0 aliphatic rings. The fraction of sp³-hybridized carbons (Fsp3) is 0.600. The number of nitrogen functional groups attached to an aromatic ring is 1. The largest absolute Gasteiger partial charge is 0.382 e. The Morgan fingerprint density at radius 2 is 2.15 bits per heavy atom. The van der Waals surface area contributed by atoms with E-state index in [0.29, 0.717) is 5.13 Å². The van der Waals surface area contributed by atoms with Gasteiger partial charge in [-0.05, 0) is 6.42 Å². The number of hydrogen-bond acceptors (Lipinski definition) is 7. The number of nitrogens with one attached hydrogen (secondary N) is 1. The molecule has 1 amide bonds. The van der Waals surface area contributed by atoms with Crippen LogP contribution in [0.5, 0.6) is 0 Å². The molecule has 0 spiro atoms. The van der Waals surface area contributed by atoms with Crippen molar-refractivity contribution in [2.45, 2.75) is 13.3 Å². The average molecular weight is 321 g/mol. The molecule has 0 aliphatic carbocycles. The second-order valence-electron chi connectivity index (χ2n) is 4.26. The molecule has 0 unspecified atom stereocenters. The number of primary sulfonamides is 1. The van der Waals surface area contributed by atoms with E-state index in [-0.39, 0.29) is 23.0 Å². The highest BCUT2D eigenvalue weighted by atomic mass is 32.2. The van der Waals surface area contributed by atoms with E-state index in [4.69, 9.17) is 10.9 Å². The Bertz CT molecular complexity index is 569. The Morgan fingerprint density at radius 1 is 1.50 bits per heavy atom. The lowest BCUT2D eigenvalue weighted by molar-refractivity contribution is 0.0961. The molecule has 1 aromatic heterocycles. The first-order valence-electron chi connectivity index (χ1n) is 6.00. The molecule has 1 heterocycles. The highest BCUT2D eigenvalue weighted by Gasteiger charge is 2.18. The summed E-state index contributed by atoms with van der Waals surface area (Å²) in [7, 11) is -1.73. The van der Waals surface area contributed by atoms with Crippen molar-refractivity contribution in [3.05, 3.63) is 4.88 Å². The number of anilines is 2. The summed E-state index contributed by atoms with van der Waals surface area (Å²) >= 11 is 1.17. The van der Waals surface area contributed by atoms with Crippen LogP contribution in [0.1, 0.15) is 23.0 Å². The first-order chi connectivity index (χ1) is 9.24. The maximum Gasteiger partial charge on any atom is 0.265 e. The molecule has 5 N–H and O–H groups in total. The minimum atomic E-state index is -3.59. The summed E-state index contributed by atoms with van der Waals surface area (Å²) < 4.78 is 21.5. The number of aromatic nitrogens is 1. The summed E-state index contributed by atoms with van der Waals surface area (Å²) in [5, 5.41) is 7.96. The topological polar surface area (TPSA) is 131 Å². The quantitative estimate of drug-likeness (QED) is 0.625. The molecule has 1 rings (SSSR count). The second kappa shape index (κ2) is 6.86. The van der Waals surface area contributed by atoms with Crippen molar-refractivity contribution in [1.29, 1.82) is 0 Å². The van der Waals surface area contributed by atoms with Gasteiger partial charge in [0.1, 0.15) is 10.7 Å². The Hall–Kier alpha value is -1.39. The predicted octanol–water partition coefficient (Wildman–Crippen LogP) is -0.410. The van der Waals surface area contributed by atoms with E-state index in [0.717, 1.165) is 13.0 Å². The minimum absolute atomic E-state index is 0.0604. The van der Waals surface area contributed by atoms with Crippen LogP contribution in [0.4, 0.5) is 10.9 Å². The van der Waals surface area contributed by atoms with Crippen LogP contribution >= 0.6 is 11.3 Å². The third kappa shape index (κ3) is 4.94. The van der Waals surface area contributed by atoms with Crippen molar-refractivity contribution in [2.75, 3.05) is 36.5 Å². The zero-order valence-corrected chi connectivity index (χ0v) is 13.1. The first kappa shape index (κ1) is 16.7. The van der Waals surface area contributed by atoms with E-state index in [1.807, 2.05) is 18.9 Å². The van der Waals surface area contributed by atoms with Crippen LogP contribution in [-0.2, 0) is 10.0 Å². The minimum Gasteiger partial charge on any atom is -0.382 e. The number of nitrogens with two attached hydrogens (primary N) is 2. The maximum absolute atomic E-state index is 11.9. The van der Waals surface area contributed by atoms with Gasteiger partial charge in [-0.1, -0.05) is 18.3 Å². The maximum atomic E-state index is 11.9. The van der Waals surface area contributed by atoms with Crippen molar-refractivity contribution in [3.63, 3.8) is 0 Å². The zero-order valence-electron chi connectivity index (χ0n) is 11.4. The van der Waals surface area contributed by atoms with Crippen molar-refractivity contribution in [3.8, 4) is 0 Å². The van der Waals surface area contributed by atoms with Crippen LogP contribution in [-0.4, -0.2) is 45.2 Å². The fourth-order valence-corrected chi connectivity index (χ4v) is 2.74. The van der Waals surface area contributed by atoms with Crippen LogP contribution < -0.4 is 21.1 Å². The van der Waals surface area contributed by atoms with Crippen molar-refractivity contribution in [1.82, 2.24) is 10.3 Å². The van der Waals surface area contributed by atoms with Crippen molar-refractivity contribution in [2.24, 2.45) is 5.14 Å². The van der Waals surface area contributed by atoms with Crippen LogP contribution in [0, 0.1) is 0 Å². The van der Waals surface area contributed by atoms with Gasteiger partial charge in [-0.15, -0.1) is 0 Å². The molecule has 0 atom stereocenters. The standard InChI is InChI=1S/C10H19N5O3S2/c1-3-5-15(2)10-14-8(11)7(19-10)9(16)13-4-6-20(12,17)18/h3-6,11H2,1-2H3,(H,13,16)(H2,12,17,18). The molecule has 0 aromatic carbocycles. The number of nitrogens with zero attached hydrogens (tertiary/aromatic N) is 2. The molecule has 0 aliphatic heterocycles. The fourth-order valence-electron chi connectivity index (χ4n) is 1.46. The van der Waals surface area contributed by atoms with Crippen LogP contribution in [0.3, 0.4) is 0 Å². The number of thiazole rings is 1. The smallest absolute Gasteiger partial charge is 0.265 e. The number of rotatable bonds is 7. The van der Waals surface area contributed by atoms with Gasteiger partial charge in [0, 0.05) is 20.1 Å². The van der Waals surface area contributed by atoms with E-state index >= 15 is 0 Å². The van der Waals surface area contributed by atoms with Gasteiger partial charge in [0.2, 0.25) is 10.0 Å². The lowest BCUT2D eigenvalue weighted by Gasteiger charge is -2.13. The summed E-state index contributed by atoms with van der Waals surface area (Å²) in [6.45, 7) is 2.78. The Morgan fingerprint density at radius 3 is 2.70 bits per heavy atom. The molecule has 20 heavy (non-hydrogen) atoms. The van der Waals surface area contributed by atoms with Crippen LogP contribution in [0.2, 0.25) is 0 Å². The summed E-state index contributed by atoms with van der Waals surface area (Å²) in [6.07, 6.45) is 0.950. The van der Waals surface area contributed by atoms with Gasteiger partial charge >= 0.3 is 0 Å². The SMILES string of the molecule is CCCN(C)c1nc(N)c(C(=O)NCCS(N)(=O)=O)s1. The highest BCUT2D eigenvalue weighted by molar-refractivity contribution is 7.89. The van der Waals surface area contributed by atoms with Gasteiger partial charge in [-0.2, -0.15) is 0 Å². The van der Waals surface area contributed by atoms with Gasteiger partial charge in [0.25, 0.3) is 5.91 Å². The van der Waals surface area contributed by atoms with Crippen LogP contribution in [0.15, 0.2) is 0 Å². The second-order valence-corrected chi connectivity index (χ2v) is 6.97. The Balaban J connectivity index is 2.69. The summed E-state index contributed by atoms with van der Waals surface area (Å²) in [5.74, 6) is -0.624. The predicted molar refractivity (Wildman–Crippen MR) is 80.4 cm³/mol. The van der Waals surface area contributed by atoms with E-state index < -0.39 is 15.9 Å². The molecule has 10 heteroatoms. The van der Waals surface area contributed by atoms with Crippen molar-refractivity contribution < 1.29 is 13.2 Å². The zero-order chi connectivity index (χ0) is 15.3. The highest BCUT2D eigenvalue weighted by Crippen LogP contribution is 2.27. The van der Waals surface area contributed by atoms with Crippen molar-refractivity contribution >= 4 is 38.2 Å². The Kier molecular flexibility index (Phi) is 5.72. The van der Waals surface area contributed by atoms with E-state index in [1.165, 1.54) is 11.3 Å². The Labute approximate surface area is 122 Å². The lowest BCUT2D eigenvalue weighted by atomic mass is 10.4. The van der Waals surface area contributed by atoms with Gasteiger partial charge < -0.3 is 16.0 Å². The average Bonchev–Trinajstić information content (AvgIpc) is 2.70. The van der Waals surface area contributed by atoms with Gasteiger partial charge in [-0.25, -0.2) is 18.5 Å². The molecule has 8 nitrogen and oxygen atoms in total. The molecule has 114 valence electrons. The van der Waals surface area contributed by atoms with E-state index in [1.54, 1.807) is 0 Å². The molecule has 0 saturated heterocycles. The normalized spacial score (nSPS) is 11.3.